The van der Waals surface area contributed by atoms with Crippen molar-refractivity contribution in [1.29, 1.82) is 0 Å². The Labute approximate surface area is 113 Å². The molecule has 1 aliphatic rings. The third kappa shape index (κ3) is 2.60. The second-order valence-corrected chi connectivity index (χ2v) is 4.34. The summed E-state index contributed by atoms with van der Waals surface area (Å²) in [4.78, 5) is 11.2. The van der Waals surface area contributed by atoms with Crippen LogP contribution in [0.1, 0.15) is 23.6 Å². The summed E-state index contributed by atoms with van der Waals surface area (Å²) in [6.07, 6.45) is 0.677. The van der Waals surface area contributed by atoms with Crippen LogP contribution < -0.4 is 10.1 Å². The van der Waals surface area contributed by atoms with E-state index in [9.17, 15) is 9.90 Å². The van der Waals surface area contributed by atoms with E-state index in [0.29, 0.717) is 6.42 Å². The first kappa shape index (κ1) is 14.8. The molecule has 0 radical (unpaired) electrons. The Morgan fingerprint density at radius 2 is 2.22 bits per heavy atom. The normalized spacial score (nSPS) is 22.3. The highest BCUT2D eigenvalue weighted by atomic mass is 35.5. The van der Waals surface area contributed by atoms with Gasteiger partial charge in [-0.1, -0.05) is 12.1 Å². The van der Waals surface area contributed by atoms with Crippen LogP contribution in [-0.2, 0) is 4.79 Å². The highest BCUT2D eigenvalue weighted by Crippen LogP contribution is 2.34. The van der Waals surface area contributed by atoms with E-state index in [1.54, 1.807) is 7.11 Å². The molecule has 0 amide bonds. The molecule has 2 rings (SSSR count). The number of rotatable bonds is 3. The van der Waals surface area contributed by atoms with Gasteiger partial charge in [-0.3, -0.25) is 4.79 Å². The van der Waals surface area contributed by atoms with Crippen LogP contribution in [0.4, 0.5) is 0 Å². The molecule has 1 aromatic rings. The van der Waals surface area contributed by atoms with Crippen molar-refractivity contribution < 1.29 is 14.6 Å². The fourth-order valence-electron chi connectivity index (χ4n) is 2.49. The van der Waals surface area contributed by atoms with Crippen LogP contribution in [0.5, 0.6) is 5.75 Å². The summed E-state index contributed by atoms with van der Waals surface area (Å²) in [5, 5.41) is 12.5. The van der Waals surface area contributed by atoms with E-state index < -0.39 is 5.97 Å². The third-order valence-electron chi connectivity index (χ3n) is 3.42. The van der Waals surface area contributed by atoms with E-state index in [-0.39, 0.29) is 24.4 Å². The smallest absolute Gasteiger partial charge is 0.308 e. The zero-order chi connectivity index (χ0) is 12.4. The SMILES string of the molecule is COc1cccc([C@H]2NCC[C@H]2C(=O)O)c1C.Cl. The van der Waals surface area contributed by atoms with E-state index >= 15 is 0 Å². The van der Waals surface area contributed by atoms with E-state index in [1.807, 2.05) is 25.1 Å². The Hall–Kier alpha value is -1.26. The van der Waals surface area contributed by atoms with Crippen LogP contribution in [0.25, 0.3) is 0 Å². The summed E-state index contributed by atoms with van der Waals surface area (Å²) in [5.41, 5.74) is 2.04. The lowest BCUT2D eigenvalue weighted by Crippen LogP contribution is -2.24. The standard InChI is InChI=1S/C13H17NO3.ClH/c1-8-9(4-3-5-11(8)17-2)12-10(13(15)16)6-7-14-12;/h3-5,10,12,14H,6-7H2,1-2H3,(H,15,16);1H/t10-,12-;/m1./s1. The molecule has 1 aromatic carbocycles. The Morgan fingerprint density at radius 1 is 1.50 bits per heavy atom. The predicted octanol–water partition coefficient (Wildman–Crippen LogP) is 2.16. The second kappa shape index (κ2) is 6.07. The summed E-state index contributed by atoms with van der Waals surface area (Å²) in [6, 6.07) is 5.66. The molecule has 0 bridgehead atoms. The molecule has 1 aliphatic heterocycles. The van der Waals surface area contributed by atoms with Gasteiger partial charge in [0.15, 0.2) is 0 Å². The first-order valence-electron chi connectivity index (χ1n) is 5.75. The van der Waals surface area contributed by atoms with Crippen molar-refractivity contribution in [2.45, 2.75) is 19.4 Å². The topological polar surface area (TPSA) is 58.6 Å². The molecule has 0 spiro atoms. The number of ether oxygens (including phenoxy) is 1. The van der Waals surface area contributed by atoms with Gasteiger partial charge in [0.2, 0.25) is 0 Å². The van der Waals surface area contributed by atoms with Crippen molar-refractivity contribution in [2.75, 3.05) is 13.7 Å². The van der Waals surface area contributed by atoms with Gasteiger partial charge in [-0.2, -0.15) is 0 Å². The minimum atomic E-state index is -0.734. The first-order chi connectivity index (χ1) is 8.15. The molecular weight excluding hydrogens is 254 g/mol. The highest BCUT2D eigenvalue weighted by Gasteiger charge is 2.34. The van der Waals surface area contributed by atoms with Gasteiger partial charge in [-0.05, 0) is 37.1 Å². The molecule has 5 heteroatoms. The third-order valence-corrected chi connectivity index (χ3v) is 3.42. The Balaban J connectivity index is 0.00000162. The molecule has 0 saturated carbocycles. The minimum absolute atomic E-state index is 0. The van der Waals surface area contributed by atoms with Crippen molar-refractivity contribution in [3.8, 4) is 5.75 Å². The molecule has 1 saturated heterocycles. The van der Waals surface area contributed by atoms with Crippen LogP contribution >= 0.6 is 12.4 Å². The zero-order valence-electron chi connectivity index (χ0n) is 10.5. The number of carboxylic acids is 1. The lowest BCUT2D eigenvalue weighted by Gasteiger charge is -2.20. The fraction of sp³-hybridized carbons (Fsp3) is 0.462. The van der Waals surface area contributed by atoms with Crippen LogP contribution in [0.2, 0.25) is 0 Å². The number of nitrogens with one attached hydrogen (secondary N) is 1. The van der Waals surface area contributed by atoms with E-state index in [2.05, 4.69) is 5.32 Å². The van der Waals surface area contributed by atoms with Crippen molar-refractivity contribution in [3.05, 3.63) is 29.3 Å². The average molecular weight is 272 g/mol. The van der Waals surface area contributed by atoms with Gasteiger partial charge in [-0.15, -0.1) is 12.4 Å². The monoisotopic (exact) mass is 271 g/mol. The number of benzene rings is 1. The van der Waals surface area contributed by atoms with Gasteiger partial charge in [0.1, 0.15) is 5.75 Å². The van der Waals surface area contributed by atoms with Crippen LogP contribution in [0, 0.1) is 12.8 Å². The maximum Gasteiger partial charge on any atom is 0.308 e. The molecule has 0 aromatic heterocycles. The summed E-state index contributed by atoms with van der Waals surface area (Å²) in [5.74, 6) is -0.275. The highest BCUT2D eigenvalue weighted by molar-refractivity contribution is 5.85. The van der Waals surface area contributed by atoms with Gasteiger partial charge in [-0.25, -0.2) is 0 Å². The molecule has 4 nitrogen and oxygen atoms in total. The van der Waals surface area contributed by atoms with Gasteiger partial charge in [0, 0.05) is 6.04 Å². The van der Waals surface area contributed by atoms with Crippen molar-refractivity contribution in [2.24, 2.45) is 5.92 Å². The van der Waals surface area contributed by atoms with Crippen LogP contribution in [-0.4, -0.2) is 24.7 Å². The van der Waals surface area contributed by atoms with Crippen molar-refractivity contribution in [3.63, 3.8) is 0 Å². The molecular formula is C13H18ClNO3. The quantitative estimate of drug-likeness (QED) is 0.885. The van der Waals surface area contributed by atoms with E-state index in [1.165, 1.54) is 0 Å². The summed E-state index contributed by atoms with van der Waals surface area (Å²) in [7, 11) is 1.63. The molecule has 1 fully saturated rings. The number of hydrogen-bond acceptors (Lipinski definition) is 3. The van der Waals surface area contributed by atoms with Crippen LogP contribution in [0.3, 0.4) is 0 Å². The second-order valence-electron chi connectivity index (χ2n) is 4.34. The Bertz CT molecular complexity index is 436. The Kier molecular flexibility index (Phi) is 4.99. The van der Waals surface area contributed by atoms with Gasteiger partial charge < -0.3 is 15.2 Å². The van der Waals surface area contributed by atoms with E-state index in [4.69, 9.17) is 4.74 Å². The molecule has 100 valence electrons. The molecule has 2 atom stereocenters. The number of carboxylic acid groups (broad SMARTS) is 1. The predicted molar refractivity (Wildman–Crippen MR) is 71.5 cm³/mol. The molecule has 2 N–H and O–H groups in total. The van der Waals surface area contributed by atoms with E-state index in [0.717, 1.165) is 23.4 Å². The van der Waals surface area contributed by atoms with Crippen molar-refractivity contribution >= 4 is 18.4 Å². The van der Waals surface area contributed by atoms with Gasteiger partial charge in [0.05, 0.1) is 13.0 Å². The maximum atomic E-state index is 11.2. The van der Waals surface area contributed by atoms with Gasteiger partial charge in [0.25, 0.3) is 0 Å². The molecule has 1 heterocycles. The molecule has 0 unspecified atom stereocenters. The zero-order valence-corrected chi connectivity index (χ0v) is 11.3. The summed E-state index contributed by atoms with van der Waals surface area (Å²) < 4.78 is 5.27. The number of aliphatic carboxylic acids is 1. The minimum Gasteiger partial charge on any atom is -0.496 e. The average Bonchev–Trinajstić information content (AvgIpc) is 2.78. The summed E-state index contributed by atoms with van der Waals surface area (Å²) >= 11 is 0. The number of hydrogen-bond donors (Lipinski definition) is 2. The number of carbonyl (C=O) groups is 1. The van der Waals surface area contributed by atoms with Gasteiger partial charge >= 0.3 is 5.97 Å². The number of halogens is 1. The first-order valence-corrected chi connectivity index (χ1v) is 5.75. The number of methoxy groups -OCH3 is 1. The molecule has 18 heavy (non-hydrogen) atoms. The Morgan fingerprint density at radius 3 is 2.83 bits per heavy atom. The maximum absolute atomic E-state index is 11.2. The largest absolute Gasteiger partial charge is 0.496 e. The fourth-order valence-corrected chi connectivity index (χ4v) is 2.49. The lowest BCUT2D eigenvalue weighted by molar-refractivity contribution is -0.142. The summed E-state index contributed by atoms with van der Waals surface area (Å²) in [6.45, 7) is 2.71. The lowest BCUT2D eigenvalue weighted by atomic mass is 9.91. The molecule has 0 aliphatic carbocycles. The van der Waals surface area contributed by atoms with Crippen molar-refractivity contribution in [1.82, 2.24) is 5.32 Å². The van der Waals surface area contributed by atoms with Crippen LogP contribution in [0.15, 0.2) is 18.2 Å².